The molecule has 2 heterocycles. The van der Waals surface area contributed by atoms with Gasteiger partial charge in [-0.05, 0) is 53.8 Å². The molecule has 0 unspecified atom stereocenters. The van der Waals surface area contributed by atoms with E-state index >= 15 is 0 Å². The number of ether oxygens (including phenoxy) is 2. The van der Waals surface area contributed by atoms with Gasteiger partial charge in [-0.25, -0.2) is 18.2 Å². The van der Waals surface area contributed by atoms with E-state index < -0.39 is 27.9 Å². The number of amides is 2. The molecule has 1 aromatic heterocycles. The van der Waals surface area contributed by atoms with Gasteiger partial charge >= 0.3 is 6.09 Å². The van der Waals surface area contributed by atoms with E-state index in [1.165, 1.54) is 13.4 Å². The first-order valence-corrected chi connectivity index (χ1v) is 18.0. The van der Waals surface area contributed by atoms with Crippen LogP contribution in [0.2, 0.25) is 0 Å². The van der Waals surface area contributed by atoms with Gasteiger partial charge in [-0.3, -0.25) is 4.79 Å². The summed E-state index contributed by atoms with van der Waals surface area (Å²) >= 11 is 0. The minimum absolute atomic E-state index is 0.0736. The molecule has 49 heavy (non-hydrogen) atoms. The highest BCUT2D eigenvalue weighted by atomic mass is 32.2. The van der Waals surface area contributed by atoms with Crippen molar-refractivity contribution < 1.29 is 27.5 Å². The van der Waals surface area contributed by atoms with Crippen molar-refractivity contribution in [2.75, 3.05) is 31.8 Å². The Morgan fingerprint density at radius 1 is 0.959 bits per heavy atom. The number of H-pyrrole nitrogens is 1. The standard InChI is InChI=1S/C37H39N5O6S/c1-47-37(44)42-34(33(25-12-5-3-6-13-25)26-14-7-4-8-15-26)36(43)41-29-16-10-9-11-24(29)17-18-27-22-38-32(23-48-27)35-39-30-20-19-28(49(2,45)46)21-31(30)40-35/h3-16,19-21,27,32-34,38H,17-18,22-23H2,1-2H3,(H,39,40)(H,41,43)(H,42,44)/t27-,32+,34+/m1/s1. The number of hydrogen-bond donors (Lipinski definition) is 4. The van der Waals surface area contributed by atoms with Gasteiger partial charge < -0.3 is 30.4 Å². The van der Waals surface area contributed by atoms with Crippen LogP contribution in [0.5, 0.6) is 0 Å². The first-order valence-electron chi connectivity index (χ1n) is 16.1. The van der Waals surface area contributed by atoms with Crippen molar-refractivity contribution in [2.24, 2.45) is 0 Å². The number of sulfone groups is 1. The fraction of sp³-hybridized carbons (Fsp3) is 0.270. The van der Waals surface area contributed by atoms with E-state index in [1.54, 1.807) is 18.2 Å². The lowest BCUT2D eigenvalue weighted by Crippen LogP contribution is -2.48. The van der Waals surface area contributed by atoms with Crippen LogP contribution in [0.25, 0.3) is 11.0 Å². The molecule has 254 valence electrons. The second kappa shape index (κ2) is 15.0. The van der Waals surface area contributed by atoms with Crippen LogP contribution in [0.4, 0.5) is 10.5 Å². The third kappa shape index (κ3) is 8.16. The van der Waals surface area contributed by atoms with Gasteiger partial charge in [0.05, 0.1) is 41.8 Å². The van der Waals surface area contributed by atoms with Crippen LogP contribution < -0.4 is 16.0 Å². The van der Waals surface area contributed by atoms with Crippen molar-refractivity contribution in [3.05, 3.63) is 126 Å². The molecule has 0 radical (unpaired) electrons. The first kappa shape index (κ1) is 33.8. The first-order chi connectivity index (χ1) is 23.7. The van der Waals surface area contributed by atoms with Gasteiger partial charge in [0.15, 0.2) is 9.84 Å². The highest BCUT2D eigenvalue weighted by Crippen LogP contribution is 2.30. The summed E-state index contributed by atoms with van der Waals surface area (Å²) in [6.07, 6.45) is 1.75. The average Bonchev–Trinajstić information content (AvgIpc) is 3.55. The number of nitrogens with zero attached hydrogens (tertiary/aromatic N) is 1. The van der Waals surface area contributed by atoms with E-state index in [9.17, 15) is 18.0 Å². The number of carbonyl (C=O) groups excluding carboxylic acids is 2. The van der Waals surface area contributed by atoms with Crippen LogP contribution in [-0.4, -0.2) is 69.0 Å². The lowest BCUT2D eigenvalue weighted by Gasteiger charge is -2.30. The Morgan fingerprint density at radius 3 is 2.27 bits per heavy atom. The molecule has 6 rings (SSSR count). The number of nitrogens with one attached hydrogen (secondary N) is 4. The lowest BCUT2D eigenvalue weighted by molar-refractivity contribution is -0.118. The third-order valence-electron chi connectivity index (χ3n) is 8.72. The number of aromatic nitrogens is 2. The normalized spacial score (nSPS) is 17.0. The Morgan fingerprint density at radius 2 is 1.63 bits per heavy atom. The monoisotopic (exact) mass is 681 g/mol. The number of aromatic amines is 1. The van der Waals surface area contributed by atoms with Gasteiger partial charge in [0.2, 0.25) is 5.91 Å². The van der Waals surface area contributed by atoms with Gasteiger partial charge in [-0.1, -0.05) is 78.9 Å². The number of para-hydroxylation sites is 1. The highest BCUT2D eigenvalue weighted by molar-refractivity contribution is 7.90. The van der Waals surface area contributed by atoms with Gasteiger partial charge in [-0.15, -0.1) is 0 Å². The molecule has 11 nitrogen and oxygen atoms in total. The summed E-state index contributed by atoms with van der Waals surface area (Å²) in [5.74, 6) is -0.160. The number of hydrogen-bond acceptors (Lipinski definition) is 8. The number of anilines is 1. The van der Waals surface area contributed by atoms with E-state index in [4.69, 9.17) is 9.47 Å². The largest absolute Gasteiger partial charge is 0.453 e. The number of fused-ring (bicyclic) bond motifs is 1. The van der Waals surface area contributed by atoms with Gasteiger partial charge in [0.25, 0.3) is 0 Å². The van der Waals surface area contributed by atoms with E-state index in [0.29, 0.717) is 48.5 Å². The number of benzene rings is 4. The molecule has 1 saturated heterocycles. The molecule has 5 aromatic rings. The number of morpholine rings is 1. The number of carbonyl (C=O) groups is 2. The Hall–Kier alpha value is -5.04. The number of alkyl carbamates (subject to hydrolysis) is 1. The zero-order valence-electron chi connectivity index (χ0n) is 27.3. The number of aryl methyl sites for hydroxylation is 1. The molecule has 0 saturated carbocycles. The average molecular weight is 682 g/mol. The Bertz CT molecular complexity index is 1970. The fourth-order valence-electron chi connectivity index (χ4n) is 6.16. The Labute approximate surface area is 285 Å². The van der Waals surface area contributed by atoms with Crippen molar-refractivity contribution in [3.8, 4) is 0 Å². The molecule has 2 amide bonds. The maximum absolute atomic E-state index is 14.1. The summed E-state index contributed by atoms with van der Waals surface area (Å²) in [5.41, 5.74) is 4.69. The van der Waals surface area contributed by atoms with Crippen LogP contribution in [0.15, 0.2) is 108 Å². The molecule has 1 aliphatic heterocycles. The van der Waals surface area contributed by atoms with Gasteiger partial charge in [-0.2, -0.15) is 0 Å². The lowest BCUT2D eigenvalue weighted by atomic mass is 9.84. The smallest absolute Gasteiger partial charge is 0.407 e. The van der Waals surface area contributed by atoms with Crippen molar-refractivity contribution in [3.63, 3.8) is 0 Å². The second-order valence-electron chi connectivity index (χ2n) is 12.1. The number of methoxy groups -OCH3 is 1. The summed E-state index contributed by atoms with van der Waals surface area (Å²) in [4.78, 5) is 34.7. The molecule has 4 N–H and O–H groups in total. The number of rotatable bonds is 11. The zero-order valence-corrected chi connectivity index (χ0v) is 28.1. The zero-order chi connectivity index (χ0) is 34.4. The van der Waals surface area contributed by atoms with E-state index in [2.05, 4.69) is 25.9 Å². The summed E-state index contributed by atoms with van der Waals surface area (Å²) in [7, 11) is -2.05. The van der Waals surface area contributed by atoms with Crippen molar-refractivity contribution in [2.45, 2.75) is 41.8 Å². The van der Waals surface area contributed by atoms with Gasteiger partial charge in [0, 0.05) is 24.4 Å². The summed E-state index contributed by atoms with van der Waals surface area (Å²) in [5, 5.41) is 9.37. The molecular formula is C37H39N5O6S. The minimum Gasteiger partial charge on any atom is -0.453 e. The van der Waals surface area contributed by atoms with Crippen molar-refractivity contribution >= 4 is 38.6 Å². The molecule has 0 bridgehead atoms. The van der Waals surface area contributed by atoms with Crippen LogP contribution in [0, 0.1) is 0 Å². The summed E-state index contributed by atoms with van der Waals surface area (Å²) in [6.45, 7) is 0.981. The van der Waals surface area contributed by atoms with Crippen molar-refractivity contribution in [1.29, 1.82) is 0 Å². The van der Waals surface area contributed by atoms with Crippen LogP contribution in [0.3, 0.4) is 0 Å². The van der Waals surface area contributed by atoms with Crippen molar-refractivity contribution in [1.82, 2.24) is 20.6 Å². The fourth-order valence-corrected chi connectivity index (χ4v) is 6.81. The van der Waals surface area contributed by atoms with E-state index in [0.717, 1.165) is 16.7 Å². The number of imidazole rings is 1. The summed E-state index contributed by atoms with van der Waals surface area (Å²) < 4.78 is 35.1. The van der Waals surface area contributed by atoms with Crippen LogP contribution >= 0.6 is 0 Å². The molecule has 1 fully saturated rings. The quantitative estimate of drug-likeness (QED) is 0.150. The predicted octanol–water partition coefficient (Wildman–Crippen LogP) is 5.12. The molecule has 3 atom stereocenters. The highest BCUT2D eigenvalue weighted by Gasteiger charge is 2.33. The molecule has 1 aliphatic rings. The predicted molar refractivity (Wildman–Crippen MR) is 187 cm³/mol. The molecule has 0 aliphatic carbocycles. The summed E-state index contributed by atoms with van der Waals surface area (Å²) in [6, 6.07) is 30.6. The molecule has 12 heteroatoms. The second-order valence-corrected chi connectivity index (χ2v) is 14.1. The third-order valence-corrected chi connectivity index (χ3v) is 9.83. The SMILES string of the molecule is COC(=O)N[C@H](C(=O)Nc1ccccc1CC[C@@H]1CN[C@H](c2nc3ccc(S(C)(=O)=O)cc3[nH]2)CO1)C(c1ccccc1)c1ccccc1. The maximum atomic E-state index is 14.1. The topological polar surface area (TPSA) is 152 Å². The van der Waals surface area contributed by atoms with E-state index in [1.807, 2.05) is 84.9 Å². The molecule has 0 spiro atoms. The molecular weight excluding hydrogens is 643 g/mol. The Balaban J connectivity index is 1.13. The molecule has 4 aromatic carbocycles. The minimum atomic E-state index is -3.33. The Kier molecular flexibility index (Phi) is 10.4. The van der Waals surface area contributed by atoms with Gasteiger partial charge in [0.1, 0.15) is 11.9 Å². The van der Waals surface area contributed by atoms with E-state index in [-0.39, 0.29) is 22.9 Å². The van der Waals surface area contributed by atoms with Crippen LogP contribution in [-0.2, 0) is 30.5 Å². The van der Waals surface area contributed by atoms with Crippen LogP contribution in [0.1, 0.15) is 40.9 Å². The maximum Gasteiger partial charge on any atom is 0.407 e.